The summed E-state index contributed by atoms with van der Waals surface area (Å²) in [5, 5.41) is 3.99. The van der Waals surface area contributed by atoms with E-state index in [0.29, 0.717) is 6.42 Å². The number of aromatic nitrogens is 2. The van der Waals surface area contributed by atoms with Gasteiger partial charge in [0.25, 0.3) is 0 Å². The highest BCUT2D eigenvalue weighted by Crippen LogP contribution is 2.32. The number of carbonyl (C=O) groups is 1. The van der Waals surface area contributed by atoms with Crippen LogP contribution >= 0.6 is 0 Å². The van der Waals surface area contributed by atoms with Crippen molar-refractivity contribution in [3.05, 3.63) is 126 Å². The van der Waals surface area contributed by atoms with Crippen LogP contribution < -0.4 is 5.32 Å². The summed E-state index contributed by atoms with van der Waals surface area (Å²) >= 11 is 0. The number of amides is 1. The molecule has 0 radical (unpaired) electrons. The Kier molecular flexibility index (Phi) is 6.17. The standard InChI is InChI=1S/C29H24FN3O/c30-23-11-13-26-25(19-23)24(29(32-26)21-9-5-2-6-10-21)12-14-27(34)33-28(20-7-3-1-4-8-20)22-15-17-31-18-16-22/h1-11,13,15-19,28,32H,12,14H2,(H,33,34). The molecule has 0 aliphatic rings. The van der Waals surface area contributed by atoms with Crippen molar-refractivity contribution in [3.8, 4) is 11.3 Å². The van der Waals surface area contributed by atoms with Crippen LogP contribution in [0.1, 0.15) is 29.2 Å². The van der Waals surface area contributed by atoms with E-state index >= 15 is 0 Å². The first-order chi connectivity index (χ1) is 16.7. The van der Waals surface area contributed by atoms with E-state index in [-0.39, 0.29) is 24.2 Å². The molecule has 3 aromatic carbocycles. The summed E-state index contributed by atoms with van der Waals surface area (Å²) in [7, 11) is 0. The lowest BCUT2D eigenvalue weighted by molar-refractivity contribution is -0.121. The summed E-state index contributed by atoms with van der Waals surface area (Å²) in [5.74, 6) is -0.367. The fourth-order valence-corrected chi connectivity index (χ4v) is 4.36. The van der Waals surface area contributed by atoms with E-state index in [1.165, 1.54) is 12.1 Å². The third-order valence-corrected chi connectivity index (χ3v) is 6.01. The van der Waals surface area contributed by atoms with Crippen LogP contribution in [0, 0.1) is 5.82 Å². The van der Waals surface area contributed by atoms with Crippen molar-refractivity contribution >= 4 is 16.8 Å². The molecular weight excluding hydrogens is 425 g/mol. The van der Waals surface area contributed by atoms with Gasteiger partial charge in [0, 0.05) is 35.4 Å². The Hall–Kier alpha value is -4.25. The van der Waals surface area contributed by atoms with Crippen LogP contribution in [0.4, 0.5) is 4.39 Å². The van der Waals surface area contributed by atoms with Crippen molar-refractivity contribution in [3.63, 3.8) is 0 Å². The highest BCUT2D eigenvalue weighted by atomic mass is 19.1. The summed E-state index contributed by atoms with van der Waals surface area (Å²) in [4.78, 5) is 20.7. The third-order valence-electron chi connectivity index (χ3n) is 6.01. The van der Waals surface area contributed by atoms with E-state index in [2.05, 4.69) is 15.3 Å². The Bertz CT molecular complexity index is 1360. The van der Waals surface area contributed by atoms with Gasteiger partial charge in [0.15, 0.2) is 0 Å². The highest BCUT2D eigenvalue weighted by Gasteiger charge is 2.19. The Balaban J connectivity index is 1.42. The average molecular weight is 450 g/mol. The summed E-state index contributed by atoms with van der Waals surface area (Å²) in [5.41, 5.74) is 5.69. The molecule has 0 spiro atoms. The maximum absolute atomic E-state index is 14.1. The summed E-state index contributed by atoms with van der Waals surface area (Å²) in [6, 6.07) is 28.1. The van der Waals surface area contributed by atoms with E-state index in [1.807, 2.05) is 72.8 Å². The SMILES string of the molecule is O=C(CCc1c(-c2ccccc2)[nH]c2ccc(F)cc12)NC(c1ccccc1)c1ccncc1. The maximum atomic E-state index is 14.1. The van der Waals surface area contributed by atoms with Crippen LogP contribution in [-0.2, 0) is 11.2 Å². The second kappa shape index (κ2) is 9.71. The number of benzene rings is 3. The lowest BCUT2D eigenvalue weighted by Crippen LogP contribution is -2.29. The minimum atomic E-state index is -0.293. The van der Waals surface area contributed by atoms with Gasteiger partial charge >= 0.3 is 0 Å². The first kappa shape index (κ1) is 21.6. The average Bonchev–Trinajstić information content (AvgIpc) is 3.25. The van der Waals surface area contributed by atoms with Crippen LogP contribution in [0.3, 0.4) is 0 Å². The number of nitrogens with one attached hydrogen (secondary N) is 2. The molecule has 0 saturated heterocycles. The molecule has 34 heavy (non-hydrogen) atoms. The van der Waals surface area contributed by atoms with E-state index in [4.69, 9.17) is 0 Å². The molecule has 5 heteroatoms. The lowest BCUT2D eigenvalue weighted by Gasteiger charge is -2.20. The summed E-state index contributed by atoms with van der Waals surface area (Å²) < 4.78 is 14.1. The molecule has 0 bridgehead atoms. The number of H-pyrrole nitrogens is 1. The third kappa shape index (κ3) is 4.59. The molecule has 2 heterocycles. The smallest absolute Gasteiger partial charge is 0.221 e. The van der Waals surface area contributed by atoms with E-state index in [9.17, 15) is 9.18 Å². The van der Waals surface area contributed by atoms with Gasteiger partial charge in [0.05, 0.1) is 6.04 Å². The first-order valence-corrected chi connectivity index (χ1v) is 11.3. The molecule has 1 atom stereocenters. The number of hydrogen-bond donors (Lipinski definition) is 2. The lowest BCUT2D eigenvalue weighted by atomic mass is 9.98. The number of halogens is 1. The molecular formula is C29H24FN3O. The molecule has 4 nitrogen and oxygen atoms in total. The van der Waals surface area contributed by atoms with Crippen molar-refractivity contribution in [2.45, 2.75) is 18.9 Å². The summed E-state index contributed by atoms with van der Waals surface area (Å²) in [6.45, 7) is 0. The Morgan fingerprint density at radius 1 is 0.882 bits per heavy atom. The molecule has 0 aliphatic carbocycles. The van der Waals surface area contributed by atoms with Gasteiger partial charge in [-0.1, -0.05) is 60.7 Å². The minimum absolute atomic E-state index is 0.0737. The predicted octanol–water partition coefficient (Wildman–Crippen LogP) is 6.21. The maximum Gasteiger partial charge on any atom is 0.221 e. The van der Waals surface area contributed by atoms with Gasteiger partial charge in [0.1, 0.15) is 5.82 Å². The zero-order valence-electron chi connectivity index (χ0n) is 18.5. The number of hydrogen-bond acceptors (Lipinski definition) is 2. The number of rotatable bonds is 7. The van der Waals surface area contributed by atoms with Gasteiger partial charge in [-0.2, -0.15) is 0 Å². The Labute approximate surface area is 197 Å². The number of fused-ring (bicyclic) bond motifs is 1. The van der Waals surface area contributed by atoms with E-state index < -0.39 is 0 Å². The fourth-order valence-electron chi connectivity index (χ4n) is 4.36. The minimum Gasteiger partial charge on any atom is -0.354 e. The highest BCUT2D eigenvalue weighted by molar-refractivity contribution is 5.91. The van der Waals surface area contributed by atoms with Crippen molar-refractivity contribution < 1.29 is 9.18 Å². The van der Waals surface area contributed by atoms with Gasteiger partial charge in [-0.3, -0.25) is 9.78 Å². The normalized spacial score (nSPS) is 11.9. The largest absolute Gasteiger partial charge is 0.354 e. The van der Waals surface area contributed by atoms with Crippen molar-refractivity contribution in [2.24, 2.45) is 0 Å². The van der Waals surface area contributed by atoms with Crippen LogP contribution in [0.15, 0.2) is 103 Å². The van der Waals surface area contributed by atoms with Crippen molar-refractivity contribution in [1.82, 2.24) is 15.3 Å². The van der Waals surface area contributed by atoms with E-state index in [0.717, 1.165) is 38.9 Å². The zero-order chi connectivity index (χ0) is 23.3. The van der Waals surface area contributed by atoms with Gasteiger partial charge < -0.3 is 10.3 Å². The Morgan fingerprint density at radius 3 is 2.29 bits per heavy atom. The molecule has 0 aliphatic heterocycles. The zero-order valence-corrected chi connectivity index (χ0v) is 18.5. The molecule has 5 aromatic rings. The van der Waals surface area contributed by atoms with Gasteiger partial charge in [-0.25, -0.2) is 4.39 Å². The van der Waals surface area contributed by atoms with Crippen molar-refractivity contribution in [1.29, 1.82) is 0 Å². The molecule has 1 amide bonds. The topological polar surface area (TPSA) is 57.8 Å². The monoisotopic (exact) mass is 449 g/mol. The second-order valence-corrected chi connectivity index (χ2v) is 8.23. The van der Waals surface area contributed by atoms with Gasteiger partial charge in [-0.05, 0) is 59.0 Å². The molecule has 168 valence electrons. The van der Waals surface area contributed by atoms with Gasteiger partial charge in [0.2, 0.25) is 5.91 Å². The van der Waals surface area contributed by atoms with Crippen LogP contribution in [-0.4, -0.2) is 15.9 Å². The van der Waals surface area contributed by atoms with Gasteiger partial charge in [-0.15, -0.1) is 0 Å². The molecule has 0 saturated carbocycles. The summed E-state index contributed by atoms with van der Waals surface area (Å²) in [6.07, 6.45) is 4.21. The molecule has 2 N–H and O–H groups in total. The number of aromatic amines is 1. The number of nitrogens with zero attached hydrogens (tertiary/aromatic N) is 1. The molecule has 2 aromatic heterocycles. The quantitative estimate of drug-likeness (QED) is 0.310. The molecule has 5 rings (SSSR count). The number of aryl methyl sites for hydroxylation is 1. The predicted molar refractivity (Wildman–Crippen MR) is 133 cm³/mol. The van der Waals surface area contributed by atoms with Crippen molar-refractivity contribution in [2.75, 3.05) is 0 Å². The van der Waals surface area contributed by atoms with Crippen LogP contribution in [0.2, 0.25) is 0 Å². The Morgan fingerprint density at radius 2 is 1.56 bits per heavy atom. The first-order valence-electron chi connectivity index (χ1n) is 11.3. The van der Waals surface area contributed by atoms with E-state index in [1.54, 1.807) is 18.5 Å². The molecule has 1 unspecified atom stereocenters. The number of pyridine rings is 1. The fraction of sp³-hybridized carbons (Fsp3) is 0.103. The molecule has 0 fully saturated rings. The second-order valence-electron chi connectivity index (χ2n) is 8.23. The number of carbonyl (C=O) groups excluding carboxylic acids is 1. The van der Waals surface area contributed by atoms with Crippen LogP contribution in [0.5, 0.6) is 0 Å². The van der Waals surface area contributed by atoms with Crippen LogP contribution in [0.25, 0.3) is 22.2 Å².